The van der Waals surface area contributed by atoms with Gasteiger partial charge in [0.1, 0.15) is 0 Å². The van der Waals surface area contributed by atoms with Gasteiger partial charge in [-0.2, -0.15) is 0 Å². The predicted molar refractivity (Wildman–Crippen MR) is 121 cm³/mol. The molecule has 3 heterocycles. The first-order valence-corrected chi connectivity index (χ1v) is 11.3. The lowest BCUT2D eigenvalue weighted by molar-refractivity contribution is -0.113. The second kappa shape index (κ2) is 9.13. The zero-order valence-electron chi connectivity index (χ0n) is 15.5. The summed E-state index contributed by atoms with van der Waals surface area (Å²) in [5.41, 5.74) is 2.30. The molecule has 1 amide bonds. The van der Waals surface area contributed by atoms with E-state index in [2.05, 4.69) is 25.5 Å². The van der Waals surface area contributed by atoms with Gasteiger partial charge in [0.15, 0.2) is 16.1 Å². The Bertz CT molecular complexity index is 1190. The highest BCUT2D eigenvalue weighted by Crippen LogP contribution is 2.32. The van der Waals surface area contributed by atoms with Crippen LogP contribution in [-0.4, -0.2) is 36.4 Å². The van der Waals surface area contributed by atoms with Crippen LogP contribution < -0.4 is 5.32 Å². The van der Waals surface area contributed by atoms with E-state index in [-0.39, 0.29) is 11.7 Å². The Labute approximate surface area is 190 Å². The summed E-state index contributed by atoms with van der Waals surface area (Å²) in [7, 11) is 1.85. The molecule has 30 heavy (non-hydrogen) atoms. The Balaban J connectivity index is 1.38. The van der Waals surface area contributed by atoms with Crippen LogP contribution in [-0.2, 0) is 11.8 Å². The minimum Gasteiger partial charge on any atom is -0.305 e. The standard InChI is InChI=1S/C19H14Cl2N6OS2/c1-27-17(11-3-2-6-22-8-11)25-26-19(27)30-10-16(28)24-18-23-15(9-29-18)13-5-4-12(20)7-14(13)21/h2-9H,10H2,1H3,(H,23,24,28). The van der Waals surface area contributed by atoms with Gasteiger partial charge < -0.3 is 9.88 Å². The molecule has 152 valence electrons. The van der Waals surface area contributed by atoms with Gasteiger partial charge in [0.25, 0.3) is 0 Å². The Hall–Kier alpha value is -2.46. The highest BCUT2D eigenvalue weighted by molar-refractivity contribution is 7.99. The number of halogens is 2. The first kappa shape index (κ1) is 20.8. The topological polar surface area (TPSA) is 85.6 Å². The van der Waals surface area contributed by atoms with Gasteiger partial charge in [-0.25, -0.2) is 4.98 Å². The summed E-state index contributed by atoms with van der Waals surface area (Å²) in [4.78, 5) is 20.9. The van der Waals surface area contributed by atoms with Crippen molar-refractivity contribution in [3.8, 4) is 22.6 Å². The lowest BCUT2D eigenvalue weighted by Crippen LogP contribution is -2.14. The number of nitrogens with zero attached hydrogens (tertiary/aromatic N) is 5. The number of aromatic nitrogens is 5. The van der Waals surface area contributed by atoms with Crippen molar-refractivity contribution in [3.05, 3.63) is 58.2 Å². The Kier molecular flexibility index (Phi) is 6.33. The molecule has 1 N–H and O–H groups in total. The lowest BCUT2D eigenvalue weighted by atomic mass is 10.2. The van der Waals surface area contributed by atoms with Gasteiger partial charge in [0, 0.05) is 41.0 Å². The fourth-order valence-electron chi connectivity index (χ4n) is 2.62. The van der Waals surface area contributed by atoms with Gasteiger partial charge in [0.05, 0.1) is 16.5 Å². The Morgan fingerprint density at radius 1 is 1.27 bits per heavy atom. The zero-order valence-corrected chi connectivity index (χ0v) is 18.7. The highest BCUT2D eigenvalue weighted by Gasteiger charge is 2.15. The largest absolute Gasteiger partial charge is 0.305 e. The van der Waals surface area contributed by atoms with Gasteiger partial charge in [-0.3, -0.25) is 9.78 Å². The smallest absolute Gasteiger partial charge is 0.236 e. The number of hydrogen-bond acceptors (Lipinski definition) is 7. The summed E-state index contributed by atoms with van der Waals surface area (Å²) < 4.78 is 1.83. The van der Waals surface area contributed by atoms with Crippen LogP contribution in [0.2, 0.25) is 10.0 Å². The Morgan fingerprint density at radius 3 is 2.90 bits per heavy atom. The average molecular weight is 477 g/mol. The van der Waals surface area contributed by atoms with E-state index in [1.165, 1.54) is 23.1 Å². The van der Waals surface area contributed by atoms with Crippen molar-refractivity contribution in [1.29, 1.82) is 0 Å². The maximum atomic E-state index is 12.4. The van der Waals surface area contributed by atoms with Crippen molar-refractivity contribution in [3.63, 3.8) is 0 Å². The van der Waals surface area contributed by atoms with Crippen LogP contribution >= 0.6 is 46.3 Å². The zero-order chi connectivity index (χ0) is 21.1. The normalized spacial score (nSPS) is 10.9. The van der Waals surface area contributed by atoms with Crippen LogP contribution in [0.25, 0.3) is 22.6 Å². The number of pyridine rings is 1. The Morgan fingerprint density at radius 2 is 2.13 bits per heavy atom. The number of benzene rings is 1. The summed E-state index contributed by atoms with van der Waals surface area (Å²) in [6.07, 6.45) is 3.42. The van der Waals surface area contributed by atoms with Gasteiger partial charge in [-0.05, 0) is 30.3 Å². The van der Waals surface area contributed by atoms with Gasteiger partial charge >= 0.3 is 0 Å². The lowest BCUT2D eigenvalue weighted by Gasteiger charge is -2.04. The molecule has 1 aromatic carbocycles. The van der Waals surface area contributed by atoms with E-state index in [0.29, 0.717) is 31.9 Å². The molecule has 0 spiro atoms. The number of nitrogens with one attached hydrogen (secondary N) is 1. The van der Waals surface area contributed by atoms with Gasteiger partial charge in [0.2, 0.25) is 5.91 Å². The number of anilines is 1. The summed E-state index contributed by atoms with van der Waals surface area (Å²) in [5, 5.41) is 15.2. The quantitative estimate of drug-likeness (QED) is 0.392. The summed E-state index contributed by atoms with van der Waals surface area (Å²) in [6, 6.07) is 8.95. The van der Waals surface area contributed by atoms with Crippen molar-refractivity contribution in [2.75, 3.05) is 11.1 Å². The third kappa shape index (κ3) is 4.65. The van der Waals surface area contributed by atoms with Crippen molar-refractivity contribution in [2.24, 2.45) is 7.05 Å². The van der Waals surface area contributed by atoms with Crippen molar-refractivity contribution in [1.82, 2.24) is 24.7 Å². The molecule has 0 aliphatic heterocycles. The molecule has 0 saturated carbocycles. The van der Waals surface area contributed by atoms with E-state index in [9.17, 15) is 4.79 Å². The summed E-state index contributed by atoms with van der Waals surface area (Å²) in [5.74, 6) is 0.680. The van der Waals surface area contributed by atoms with E-state index < -0.39 is 0 Å². The molecule has 0 atom stereocenters. The minimum absolute atomic E-state index is 0.176. The molecule has 0 fully saturated rings. The third-order valence-corrected chi connectivity index (χ3v) is 6.37. The molecule has 4 aromatic rings. The van der Waals surface area contributed by atoms with E-state index in [1.807, 2.05) is 29.1 Å². The number of hydrogen-bond donors (Lipinski definition) is 1. The first-order chi connectivity index (χ1) is 14.5. The molecule has 0 aliphatic carbocycles. The highest BCUT2D eigenvalue weighted by atomic mass is 35.5. The molecule has 3 aromatic heterocycles. The van der Waals surface area contributed by atoms with Crippen LogP contribution in [0, 0.1) is 0 Å². The first-order valence-electron chi connectivity index (χ1n) is 8.64. The average Bonchev–Trinajstić information content (AvgIpc) is 3.33. The predicted octanol–water partition coefficient (Wildman–Crippen LogP) is 5.04. The van der Waals surface area contributed by atoms with E-state index in [0.717, 1.165) is 11.1 Å². The fourth-order valence-corrected chi connectivity index (χ4v) is 4.57. The van der Waals surface area contributed by atoms with Crippen LogP contribution in [0.5, 0.6) is 0 Å². The fraction of sp³-hybridized carbons (Fsp3) is 0.105. The van der Waals surface area contributed by atoms with Crippen LogP contribution in [0.15, 0.2) is 53.3 Å². The maximum Gasteiger partial charge on any atom is 0.236 e. The number of rotatable bonds is 6. The second-order valence-corrected chi connectivity index (χ2v) is 8.75. The molecule has 0 bridgehead atoms. The van der Waals surface area contributed by atoms with Crippen LogP contribution in [0.4, 0.5) is 5.13 Å². The van der Waals surface area contributed by atoms with Crippen molar-refractivity contribution in [2.45, 2.75) is 5.16 Å². The minimum atomic E-state index is -0.186. The van der Waals surface area contributed by atoms with Crippen molar-refractivity contribution < 1.29 is 4.79 Å². The molecule has 0 unspecified atom stereocenters. The maximum absolute atomic E-state index is 12.4. The number of amides is 1. The van der Waals surface area contributed by atoms with Crippen molar-refractivity contribution >= 4 is 57.3 Å². The summed E-state index contributed by atoms with van der Waals surface area (Å²) >= 11 is 14.8. The number of carbonyl (C=O) groups is 1. The van der Waals surface area contributed by atoms with Crippen LogP contribution in [0.3, 0.4) is 0 Å². The van der Waals surface area contributed by atoms with Gasteiger partial charge in [-0.1, -0.05) is 35.0 Å². The van der Waals surface area contributed by atoms with E-state index in [4.69, 9.17) is 23.2 Å². The van der Waals surface area contributed by atoms with Gasteiger partial charge in [-0.15, -0.1) is 21.5 Å². The number of thioether (sulfide) groups is 1. The summed E-state index contributed by atoms with van der Waals surface area (Å²) in [6.45, 7) is 0. The molecule has 0 aliphatic rings. The monoisotopic (exact) mass is 476 g/mol. The molecule has 4 rings (SSSR count). The second-order valence-electron chi connectivity index (χ2n) is 6.11. The number of thiazole rings is 1. The number of carbonyl (C=O) groups excluding carboxylic acids is 1. The molecule has 0 radical (unpaired) electrons. The molecule has 7 nitrogen and oxygen atoms in total. The third-order valence-electron chi connectivity index (χ3n) is 4.04. The molecule has 0 saturated heterocycles. The molecular weight excluding hydrogens is 463 g/mol. The van der Waals surface area contributed by atoms with Crippen LogP contribution in [0.1, 0.15) is 0 Å². The van der Waals surface area contributed by atoms with E-state index >= 15 is 0 Å². The molecular formula is C19H14Cl2N6OS2. The SMILES string of the molecule is Cn1c(SCC(=O)Nc2nc(-c3ccc(Cl)cc3Cl)cs2)nnc1-c1cccnc1. The molecule has 11 heteroatoms. The van der Waals surface area contributed by atoms with E-state index in [1.54, 1.807) is 30.6 Å².